The molecule has 0 saturated carbocycles. The van der Waals surface area contributed by atoms with Crippen LogP contribution in [0.4, 0.5) is 5.00 Å². The van der Waals surface area contributed by atoms with Gasteiger partial charge in [0.1, 0.15) is 16.3 Å². The molecule has 0 bridgehead atoms. The molecule has 0 radical (unpaired) electrons. The van der Waals surface area contributed by atoms with Crippen molar-refractivity contribution in [1.29, 1.82) is 0 Å². The fraction of sp³-hybridized carbons (Fsp3) is 0.192. The van der Waals surface area contributed by atoms with Gasteiger partial charge in [0.25, 0.3) is 0 Å². The number of ether oxygens (including phenoxy) is 2. The monoisotopic (exact) mass is 492 g/mol. The Bertz CT molecular complexity index is 1330. The van der Waals surface area contributed by atoms with Gasteiger partial charge in [-0.3, -0.25) is 4.79 Å². The fourth-order valence-electron chi connectivity index (χ4n) is 3.53. The smallest absolute Gasteiger partial charge is 0.341 e. The number of rotatable bonds is 8. The zero-order valence-corrected chi connectivity index (χ0v) is 20.7. The van der Waals surface area contributed by atoms with Crippen molar-refractivity contribution in [2.24, 2.45) is 0 Å². The van der Waals surface area contributed by atoms with Crippen molar-refractivity contribution < 1.29 is 19.1 Å². The number of pyridine rings is 1. The second-order valence-corrected chi connectivity index (χ2v) is 9.31. The van der Waals surface area contributed by atoms with Crippen molar-refractivity contribution in [3.05, 3.63) is 71.1 Å². The van der Waals surface area contributed by atoms with Crippen LogP contribution in [0.25, 0.3) is 22.0 Å². The van der Waals surface area contributed by atoms with Gasteiger partial charge in [-0.25, -0.2) is 9.78 Å². The molecule has 0 aliphatic rings. The third-order valence-corrected chi connectivity index (χ3v) is 6.98. The van der Waals surface area contributed by atoms with Crippen molar-refractivity contribution in [2.45, 2.75) is 18.9 Å². The molecule has 0 aliphatic heterocycles. The van der Waals surface area contributed by atoms with E-state index in [2.05, 4.69) is 10.3 Å². The summed E-state index contributed by atoms with van der Waals surface area (Å²) in [5, 5.41) is 7.09. The topological polar surface area (TPSA) is 77.5 Å². The Morgan fingerprint density at radius 1 is 1.12 bits per heavy atom. The number of amides is 1. The highest BCUT2D eigenvalue weighted by Crippen LogP contribution is 2.37. The molecule has 4 aromatic rings. The van der Waals surface area contributed by atoms with Gasteiger partial charge in [-0.15, -0.1) is 11.3 Å². The number of para-hydroxylation sites is 1. The first-order chi connectivity index (χ1) is 16.5. The zero-order chi connectivity index (χ0) is 24.1. The number of thioether (sulfide) groups is 1. The van der Waals surface area contributed by atoms with E-state index >= 15 is 0 Å². The third-order valence-electron chi connectivity index (χ3n) is 5.18. The summed E-state index contributed by atoms with van der Waals surface area (Å²) in [4.78, 5) is 30.2. The van der Waals surface area contributed by atoms with Gasteiger partial charge in [-0.05, 0) is 49.2 Å². The van der Waals surface area contributed by atoms with E-state index in [1.807, 2.05) is 66.9 Å². The molecule has 1 N–H and O–H groups in total. The Labute approximate surface area is 206 Å². The largest absolute Gasteiger partial charge is 0.497 e. The van der Waals surface area contributed by atoms with Crippen molar-refractivity contribution in [3.63, 3.8) is 0 Å². The van der Waals surface area contributed by atoms with E-state index in [1.54, 1.807) is 14.0 Å². The molecule has 4 rings (SSSR count). The number of carbonyl (C=O) groups is 2. The maximum Gasteiger partial charge on any atom is 0.341 e. The number of thiophene rings is 1. The summed E-state index contributed by atoms with van der Waals surface area (Å²) in [5.41, 5.74) is 3.92. The van der Waals surface area contributed by atoms with Crippen LogP contribution in [0.5, 0.6) is 5.75 Å². The molecule has 34 heavy (non-hydrogen) atoms. The molecule has 174 valence electrons. The number of benzene rings is 2. The molecule has 2 aromatic carbocycles. The second-order valence-electron chi connectivity index (χ2n) is 7.43. The van der Waals surface area contributed by atoms with E-state index < -0.39 is 5.97 Å². The van der Waals surface area contributed by atoms with Gasteiger partial charge in [0.2, 0.25) is 5.91 Å². The first-order valence-corrected chi connectivity index (χ1v) is 12.6. The summed E-state index contributed by atoms with van der Waals surface area (Å²) in [6.07, 6.45) is 0. The minimum Gasteiger partial charge on any atom is -0.497 e. The zero-order valence-electron chi connectivity index (χ0n) is 19.1. The second kappa shape index (κ2) is 10.7. The minimum absolute atomic E-state index is 0.169. The van der Waals surface area contributed by atoms with Gasteiger partial charge in [0.15, 0.2) is 0 Å². The van der Waals surface area contributed by atoms with Gasteiger partial charge >= 0.3 is 5.97 Å². The van der Waals surface area contributed by atoms with Crippen LogP contribution in [0.1, 0.15) is 22.8 Å². The molecule has 1 amide bonds. The molecule has 0 saturated heterocycles. The lowest BCUT2D eigenvalue weighted by molar-refractivity contribution is -0.113. The van der Waals surface area contributed by atoms with Gasteiger partial charge in [-0.2, -0.15) is 0 Å². The van der Waals surface area contributed by atoms with Crippen molar-refractivity contribution in [2.75, 3.05) is 24.8 Å². The number of nitrogens with one attached hydrogen (secondary N) is 1. The number of aryl methyl sites for hydroxylation is 1. The highest BCUT2D eigenvalue weighted by atomic mass is 32.2. The Hall–Kier alpha value is -3.36. The van der Waals surface area contributed by atoms with Gasteiger partial charge in [-0.1, -0.05) is 42.1 Å². The Kier molecular flexibility index (Phi) is 7.49. The van der Waals surface area contributed by atoms with Crippen molar-refractivity contribution in [3.8, 4) is 16.9 Å². The number of esters is 1. The van der Waals surface area contributed by atoms with Crippen molar-refractivity contribution >= 4 is 50.9 Å². The molecule has 0 atom stereocenters. The van der Waals surface area contributed by atoms with Crippen LogP contribution < -0.4 is 10.1 Å². The first-order valence-electron chi connectivity index (χ1n) is 10.7. The fourth-order valence-corrected chi connectivity index (χ4v) is 5.28. The Balaban J connectivity index is 1.52. The van der Waals surface area contributed by atoms with Crippen LogP contribution in [0, 0.1) is 6.92 Å². The molecule has 0 aliphatic carbocycles. The van der Waals surface area contributed by atoms with Crippen LogP contribution in [0.15, 0.2) is 65.0 Å². The maximum absolute atomic E-state index is 12.8. The summed E-state index contributed by atoms with van der Waals surface area (Å²) < 4.78 is 10.5. The molecule has 2 heterocycles. The number of nitrogens with zero attached hydrogens (tertiary/aromatic N) is 1. The van der Waals surface area contributed by atoms with Gasteiger partial charge < -0.3 is 14.8 Å². The van der Waals surface area contributed by atoms with Crippen LogP contribution >= 0.6 is 23.1 Å². The van der Waals surface area contributed by atoms with Gasteiger partial charge in [0.05, 0.1) is 30.0 Å². The van der Waals surface area contributed by atoms with Crippen molar-refractivity contribution in [1.82, 2.24) is 4.98 Å². The molecule has 2 aromatic heterocycles. The van der Waals surface area contributed by atoms with E-state index in [0.717, 1.165) is 32.8 Å². The number of hydrogen-bond donors (Lipinski definition) is 1. The first kappa shape index (κ1) is 23.8. The van der Waals surface area contributed by atoms with Gasteiger partial charge in [0, 0.05) is 16.3 Å². The lowest BCUT2D eigenvalue weighted by Crippen LogP contribution is -2.16. The molecule has 8 heteroatoms. The number of carbonyl (C=O) groups excluding carboxylic acids is 2. The summed E-state index contributed by atoms with van der Waals surface area (Å²) in [6.45, 7) is 4.03. The number of hydrogen-bond acceptors (Lipinski definition) is 7. The summed E-state index contributed by atoms with van der Waals surface area (Å²) in [6, 6.07) is 17.3. The maximum atomic E-state index is 12.8. The van der Waals surface area contributed by atoms with E-state index in [0.29, 0.717) is 16.1 Å². The number of fused-ring (bicyclic) bond motifs is 1. The van der Waals surface area contributed by atoms with Crippen LogP contribution in [-0.4, -0.2) is 36.3 Å². The normalized spacial score (nSPS) is 10.8. The number of anilines is 1. The highest BCUT2D eigenvalue weighted by molar-refractivity contribution is 7.99. The average molecular weight is 493 g/mol. The van der Waals surface area contributed by atoms with E-state index in [4.69, 9.17) is 9.47 Å². The molecular formula is C26H24N2O4S2. The number of methoxy groups -OCH3 is 1. The minimum atomic E-state index is -0.468. The quantitative estimate of drug-likeness (QED) is 0.233. The lowest BCUT2D eigenvalue weighted by Gasteiger charge is -2.10. The van der Waals surface area contributed by atoms with Crippen LogP contribution in [-0.2, 0) is 9.53 Å². The summed E-state index contributed by atoms with van der Waals surface area (Å²) in [5.74, 6) is 0.207. The predicted molar refractivity (Wildman–Crippen MR) is 138 cm³/mol. The highest BCUT2D eigenvalue weighted by Gasteiger charge is 2.23. The lowest BCUT2D eigenvalue weighted by atomic mass is 10.0. The summed E-state index contributed by atoms with van der Waals surface area (Å²) >= 11 is 2.66. The van der Waals surface area contributed by atoms with E-state index in [-0.39, 0.29) is 18.3 Å². The Morgan fingerprint density at radius 2 is 1.88 bits per heavy atom. The number of aromatic nitrogens is 1. The molecule has 0 unspecified atom stereocenters. The standard InChI is InChI=1S/C26H24N2O4S2/c1-4-32-26(30)24-20(17-9-11-18(31-3)12-10-17)14-34-25(24)28-22(29)15-33-23-13-16(2)19-7-5-6-8-21(19)27-23/h5-14H,4,15H2,1-3H3,(H,28,29). The third kappa shape index (κ3) is 5.24. The van der Waals surface area contributed by atoms with E-state index in [9.17, 15) is 9.59 Å². The molecule has 0 fully saturated rings. The molecule has 0 spiro atoms. The molecule has 6 nitrogen and oxygen atoms in total. The summed E-state index contributed by atoms with van der Waals surface area (Å²) in [7, 11) is 1.60. The van der Waals surface area contributed by atoms with Crippen LogP contribution in [0.3, 0.4) is 0 Å². The SMILES string of the molecule is CCOC(=O)c1c(-c2ccc(OC)cc2)csc1NC(=O)CSc1cc(C)c2ccccc2n1. The van der Waals surface area contributed by atoms with E-state index in [1.165, 1.54) is 23.1 Å². The predicted octanol–water partition coefficient (Wildman–Crippen LogP) is 6.19. The average Bonchev–Trinajstić information content (AvgIpc) is 3.26. The Morgan fingerprint density at radius 3 is 2.62 bits per heavy atom. The molecular weight excluding hydrogens is 468 g/mol. The van der Waals surface area contributed by atoms with Crippen LogP contribution in [0.2, 0.25) is 0 Å².